The third-order valence-electron chi connectivity index (χ3n) is 3.57. The molecule has 1 aliphatic rings. The summed E-state index contributed by atoms with van der Waals surface area (Å²) in [5.41, 5.74) is 0.659. The fourth-order valence-electron chi connectivity index (χ4n) is 2.34. The molecule has 1 aromatic carbocycles. The number of rotatable bonds is 6. The molecule has 6 heteroatoms. The summed E-state index contributed by atoms with van der Waals surface area (Å²) in [5.74, 6) is -0.359. The lowest BCUT2D eigenvalue weighted by Gasteiger charge is -2.17. The van der Waals surface area contributed by atoms with Crippen molar-refractivity contribution in [2.75, 3.05) is 12.4 Å². The Labute approximate surface area is 125 Å². The lowest BCUT2D eigenvalue weighted by Crippen LogP contribution is -2.37. The molecule has 21 heavy (non-hydrogen) atoms. The van der Waals surface area contributed by atoms with Crippen LogP contribution in [0.5, 0.6) is 0 Å². The highest BCUT2D eigenvalue weighted by Gasteiger charge is 2.35. The molecule has 0 bridgehead atoms. The second kappa shape index (κ2) is 6.58. The number of nitrogens with one attached hydrogen (secondary N) is 1. The van der Waals surface area contributed by atoms with Crippen LogP contribution in [0.25, 0.3) is 0 Å². The van der Waals surface area contributed by atoms with E-state index >= 15 is 0 Å². The summed E-state index contributed by atoms with van der Waals surface area (Å²) >= 11 is 0. The molecule has 1 aliphatic heterocycles. The highest BCUT2D eigenvalue weighted by molar-refractivity contribution is 7.91. The number of sulfone groups is 1. The Bertz CT molecular complexity index is 612. The van der Waals surface area contributed by atoms with Gasteiger partial charge in [0.15, 0.2) is 9.84 Å². The molecule has 0 aliphatic carbocycles. The summed E-state index contributed by atoms with van der Waals surface area (Å²) in [5, 5.41) is 2.77. The van der Waals surface area contributed by atoms with Gasteiger partial charge in [0.05, 0.1) is 16.7 Å². The largest absolute Gasteiger partial charge is 0.369 e. The van der Waals surface area contributed by atoms with Gasteiger partial charge in [-0.25, -0.2) is 8.42 Å². The van der Waals surface area contributed by atoms with Crippen LogP contribution in [0.2, 0.25) is 0 Å². The zero-order valence-corrected chi connectivity index (χ0v) is 13.2. The molecule has 1 N–H and O–H groups in total. The van der Waals surface area contributed by atoms with Crippen LogP contribution in [0, 0.1) is 0 Å². The van der Waals surface area contributed by atoms with Crippen molar-refractivity contribution in [3.05, 3.63) is 29.8 Å². The zero-order chi connectivity index (χ0) is 15.5. The molecule has 1 amide bonds. The molecule has 0 saturated heterocycles. The first-order valence-electron chi connectivity index (χ1n) is 7.19. The Balaban J connectivity index is 2.03. The van der Waals surface area contributed by atoms with E-state index in [1.807, 2.05) is 0 Å². The van der Waals surface area contributed by atoms with Crippen LogP contribution in [0.3, 0.4) is 0 Å². The number of unbranched alkanes of at least 4 members (excludes halogenated alkanes) is 1. The van der Waals surface area contributed by atoms with Crippen molar-refractivity contribution < 1.29 is 17.9 Å². The van der Waals surface area contributed by atoms with Crippen molar-refractivity contribution in [3.63, 3.8) is 0 Å². The first kappa shape index (κ1) is 16.0. The number of benzene rings is 1. The van der Waals surface area contributed by atoms with Crippen LogP contribution in [0.15, 0.2) is 29.2 Å². The minimum Gasteiger partial charge on any atom is -0.369 e. The van der Waals surface area contributed by atoms with E-state index in [9.17, 15) is 13.2 Å². The number of carbonyl (C=O) groups excluding carboxylic acids is 1. The van der Waals surface area contributed by atoms with Gasteiger partial charge in [-0.1, -0.05) is 31.5 Å². The van der Waals surface area contributed by atoms with Gasteiger partial charge in [-0.05, 0) is 25.0 Å². The van der Waals surface area contributed by atoms with Gasteiger partial charge in [0.25, 0.3) is 0 Å². The maximum atomic E-state index is 12.1. The summed E-state index contributed by atoms with van der Waals surface area (Å²) in [7, 11) is -3.30. The van der Waals surface area contributed by atoms with E-state index in [0.717, 1.165) is 12.8 Å². The molecule has 1 heterocycles. The van der Waals surface area contributed by atoms with Crippen LogP contribution < -0.4 is 5.32 Å². The molecule has 0 fully saturated rings. The Hall–Kier alpha value is -1.40. The summed E-state index contributed by atoms with van der Waals surface area (Å²) in [6.45, 7) is 4.26. The van der Waals surface area contributed by atoms with Crippen molar-refractivity contribution in [2.45, 2.75) is 43.7 Å². The average molecular weight is 311 g/mol. The molecule has 0 spiro atoms. The molecule has 0 aromatic heterocycles. The predicted molar refractivity (Wildman–Crippen MR) is 79.7 cm³/mol. The SMILES string of the molecule is CCCCOC(C)C(=O)NC1CS(=O)(=O)c2ccccc21. The van der Waals surface area contributed by atoms with Gasteiger partial charge in [-0.15, -0.1) is 0 Å². The summed E-state index contributed by atoms with van der Waals surface area (Å²) in [4.78, 5) is 12.4. The van der Waals surface area contributed by atoms with Crippen LogP contribution in [-0.2, 0) is 19.4 Å². The van der Waals surface area contributed by atoms with Gasteiger partial charge in [0.2, 0.25) is 5.91 Å². The van der Waals surface area contributed by atoms with Crippen molar-refractivity contribution in [1.29, 1.82) is 0 Å². The Kier molecular flexibility index (Phi) is 5.00. The fraction of sp³-hybridized carbons (Fsp3) is 0.533. The van der Waals surface area contributed by atoms with Crippen molar-refractivity contribution in [1.82, 2.24) is 5.32 Å². The lowest BCUT2D eigenvalue weighted by atomic mass is 10.1. The monoisotopic (exact) mass is 311 g/mol. The van der Waals surface area contributed by atoms with E-state index in [2.05, 4.69) is 12.2 Å². The quantitative estimate of drug-likeness (QED) is 0.814. The van der Waals surface area contributed by atoms with Gasteiger partial charge in [-0.3, -0.25) is 4.79 Å². The van der Waals surface area contributed by atoms with Gasteiger partial charge >= 0.3 is 0 Å². The van der Waals surface area contributed by atoms with Crippen molar-refractivity contribution in [2.24, 2.45) is 0 Å². The highest BCUT2D eigenvalue weighted by atomic mass is 32.2. The number of carbonyl (C=O) groups is 1. The van der Waals surface area contributed by atoms with Gasteiger partial charge in [-0.2, -0.15) is 0 Å². The van der Waals surface area contributed by atoms with E-state index < -0.39 is 22.0 Å². The van der Waals surface area contributed by atoms with Crippen LogP contribution in [0.1, 0.15) is 38.3 Å². The number of fused-ring (bicyclic) bond motifs is 1. The van der Waals surface area contributed by atoms with E-state index in [1.54, 1.807) is 31.2 Å². The normalized spacial score (nSPS) is 20.8. The second-order valence-corrected chi connectivity index (χ2v) is 7.25. The average Bonchev–Trinajstić information content (AvgIpc) is 2.71. The molecule has 2 rings (SSSR count). The molecular formula is C15H21NO4S. The Morgan fingerprint density at radius 2 is 2.14 bits per heavy atom. The van der Waals surface area contributed by atoms with Gasteiger partial charge in [0, 0.05) is 6.61 Å². The van der Waals surface area contributed by atoms with Crippen LogP contribution in [-0.4, -0.2) is 32.8 Å². The first-order valence-corrected chi connectivity index (χ1v) is 8.84. The molecule has 0 saturated carbocycles. The molecule has 5 nitrogen and oxygen atoms in total. The molecular weight excluding hydrogens is 290 g/mol. The predicted octanol–water partition coefficient (Wildman–Crippen LogP) is 1.84. The topological polar surface area (TPSA) is 72.5 Å². The highest BCUT2D eigenvalue weighted by Crippen LogP contribution is 2.32. The van der Waals surface area contributed by atoms with Crippen molar-refractivity contribution >= 4 is 15.7 Å². The fourth-order valence-corrected chi connectivity index (χ4v) is 4.08. The van der Waals surface area contributed by atoms with E-state index in [-0.39, 0.29) is 11.7 Å². The summed E-state index contributed by atoms with van der Waals surface area (Å²) < 4.78 is 29.5. The molecule has 116 valence electrons. The number of hydrogen-bond acceptors (Lipinski definition) is 4. The molecule has 2 unspecified atom stereocenters. The smallest absolute Gasteiger partial charge is 0.249 e. The number of amides is 1. The van der Waals surface area contributed by atoms with Crippen LogP contribution in [0.4, 0.5) is 0 Å². The lowest BCUT2D eigenvalue weighted by molar-refractivity contribution is -0.132. The standard InChI is InChI=1S/C15H21NO4S/c1-3-4-9-20-11(2)15(17)16-13-10-21(18,19)14-8-6-5-7-12(13)14/h5-8,11,13H,3-4,9-10H2,1-2H3,(H,16,17). The summed E-state index contributed by atoms with van der Waals surface area (Å²) in [6, 6.07) is 6.30. The zero-order valence-electron chi connectivity index (χ0n) is 12.3. The maximum absolute atomic E-state index is 12.1. The minimum absolute atomic E-state index is 0.0836. The Morgan fingerprint density at radius 1 is 1.43 bits per heavy atom. The third-order valence-corrected chi connectivity index (χ3v) is 5.38. The first-order chi connectivity index (χ1) is 9.95. The van der Waals surface area contributed by atoms with E-state index in [0.29, 0.717) is 17.1 Å². The molecule has 2 atom stereocenters. The number of hydrogen-bond donors (Lipinski definition) is 1. The maximum Gasteiger partial charge on any atom is 0.249 e. The van der Waals surface area contributed by atoms with Gasteiger partial charge in [0.1, 0.15) is 6.10 Å². The van der Waals surface area contributed by atoms with Crippen molar-refractivity contribution in [3.8, 4) is 0 Å². The summed E-state index contributed by atoms with van der Waals surface area (Å²) in [6.07, 6.45) is 1.33. The van der Waals surface area contributed by atoms with Crippen LogP contribution >= 0.6 is 0 Å². The van der Waals surface area contributed by atoms with E-state index in [1.165, 1.54) is 0 Å². The minimum atomic E-state index is -3.30. The third kappa shape index (κ3) is 3.63. The number of ether oxygens (including phenoxy) is 1. The molecule has 1 aromatic rings. The molecule has 0 radical (unpaired) electrons. The second-order valence-electron chi connectivity index (χ2n) is 5.25. The Morgan fingerprint density at radius 3 is 2.86 bits per heavy atom. The van der Waals surface area contributed by atoms with Gasteiger partial charge < -0.3 is 10.1 Å². The van der Waals surface area contributed by atoms with E-state index in [4.69, 9.17) is 4.74 Å².